The summed E-state index contributed by atoms with van der Waals surface area (Å²) in [6.45, 7) is 1.86. The van der Waals surface area contributed by atoms with E-state index in [0.717, 1.165) is 5.56 Å². The lowest BCUT2D eigenvalue weighted by atomic mass is 10.0. The predicted octanol–water partition coefficient (Wildman–Crippen LogP) is 3.73. The van der Waals surface area contributed by atoms with Crippen molar-refractivity contribution in [2.75, 3.05) is 31.2 Å². The second-order valence-electron chi connectivity index (χ2n) is 6.92. The summed E-state index contributed by atoms with van der Waals surface area (Å²) in [5.41, 5.74) is 2.33. The van der Waals surface area contributed by atoms with Crippen LogP contribution in [0, 0.1) is 5.82 Å². The zero-order valence-electron chi connectivity index (χ0n) is 16.6. The highest BCUT2D eigenvalue weighted by Gasteiger charge is 2.32. The van der Waals surface area contributed by atoms with E-state index in [2.05, 4.69) is 10.3 Å². The molecule has 0 aromatic heterocycles. The highest BCUT2D eigenvalue weighted by molar-refractivity contribution is 5.90. The van der Waals surface area contributed by atoms with Gasteiger partial charge in [0.25, 0.3) is 0 Å². The van der Waals surface area contributed by atoms with E-state index >= 15 is 0 Å². The van der Waals surface area contributed by atoms with Crippen LogP contribution in [-0.4, -0.2) is 50.6 Å². The van der Waals surface area contributed by atoms with Crippen LogP contribution in [0.2, 0.25) is 0 Å². The summed E-state index contributed by atoms with van der Waals surface area (Å²) >= 11 is 0. The Morgan fingerprint density at radius 2 is 2.07 bits per heavy atom. The van der Waals surface area contributed by atoms with Gasteiger partial charge in [-0.05, 0) is 35.7 Å². The summed E-state index contributed by atoms with van der Waals surface area (Å²) in [7, 11) is 0. The zero-order valence-corrected chi connectivity index (χ0v) is 16.6. The molecule has 1 aliphatic rings. The molecule has 8 heteroatoms. The molecule has 1 saturated heterocycles. The number of aliphatic imine (C=N–C) groups is 1. The molecule has 0 bridgehead atoms. The van der Waals surface area contributed by atoms with E-state index in [1.165, 1.54) is 17.9 Å². The summed E-state index contributed by atoms with van der Waals surface area (Å²) in [5, 5.41) is 2.60. The van der Waals surface area contributed by atoms with Gasteiger partial charge in [0.05, 0.1) is 25.5 Å². The van der Waals surface area contributed by atoms with Crippen LogP contribution < -0.4 is 10.2 Å². The minimum absolute atomic E-state index is 0.210. The zero-order chi connectivity index (χ0) is 21.5. The average Bonchev–Trinajstić information content (AvgIpc) is 3.11. The molecular formula is C22H23F2N3O3. The van der Waals surface area contributed by atoms with Crippen LogP contribution >= 0.6 is 0 Å². The Morgan fingerprint density at radius 3 is 2.73 bits per heavy atom. The number of cyclic esters (lactones) is 1. The van der Waals surface area contributed by atoms with Crippen LogP contribution in [0.4, 0.5) is 19.3 Å². The number of carbonyl (C=O) groups excluding carboxylic acids is 2. The van der Waals surface area contributed by atoms with Gasteiger partial charge < -0.3 is 10.1 Å². The first-order valence-corrected chi connectivity index (χ1v) is 9.66. The number of carbonyl (C=O) groups is 2. The first-order valence-electron chi connectivity index (χ1n) is 9.66. The standard InChI is InChI=1S/C22H23F2N3O3/c1-15(28)26-13-19-14-27(22(29)30-19)18-7-8-20(21(24)11-18)17-5-3-16(4-6-17)12-25-10-2-9-23/h3-8,11-12,19H,2,9-10,13-14H2,1H3,(H,26,28)/t19-/m0/s1. The molecule has 1 N–H and O–H groups in total. The summed E-state index contributed by atoms with van der Waals surface area (Å²) in [5.74, 6) is -0.674. The molecule has 2 aromatic rings. The van der Waals surface area contributed by atoms with Crippen molar-refractivity contribution in [3.63, 3.8) is 0 Å². The smallest absolute Gasteiger partial charge is 0.414 e. The number of rotatable bonds is 8. The van der Waals surface area contributed by atoms with Crippen molar-refractivity contribution in [3.8, 4) is 11.1 Å². The van der Waals surface area contributed by atoms with Gasteiger partial charge in [-0.3, -0.25) is 19.1 Å². The molecular weight excluding hydrogens is 392 g/mol. The number of amides is 2. The highest BCUT2D eigenvalue weighted by Crippen LogP contribution is 2.29. The maximum atomic E-state index is 14.8. The molecule has 1 aliphatic heterocycles. The summed E-state index contributed by atoms with van der Waals surface area (Å²) in [6, 6.07) is 11.8. The molecule has 6 nitrogen and oxygen atoms in total. The third-order valence-corrected chi connectivity index (χ3v) is 4.60. The number of hydrogen-bond donors (Lipinski definition) is 1. The molecule has 0 aliphatic carbocycles. The Hall–Kier alpha value is -3.29. The summed E-state index contributed by atoms with van der Waals surface area (Å²) in [6.07, 6.45) is 0.997. The number of halogens is 2. The van der Waals surface area contributed by atoms with Crippen LogP contribution in [0.3, 0.4) is 0 Å². The van der Waals surface area contributed by atoms with E-state index in [4.69, 9.17) is 4.74 Å². The fourth-order valence-electron chi connectivity index (χ4n) is 3.07. The lowest BCUT2D eigenvalue weighted by Gasteiger charge is -2.14. The van der Waals surface area contributed by atoms with Crippen molar-refractivity contribution in [1.29, 1.82) is 0 Å². The predicted molar refractivity (Wildman–Crippen MR) is 111 cm³/mol. The quantitative estimate of drug-likeness (QED) is 0.528. The molecule has 2 amide bonds. The molecule has 158 valence electrons. The lowest BCUT2D eigenvalue weighted by molar-refractivity contribution is -0.119. The van der Waals surface area contributed by atoms with Crippen molar-refractivity contribution in [2.45, 2.75) is 19.4 Å². The molecule has 2 aromatic carbocycles. The van der Waals surface area contributed by atoms with Crippen LogP contribution in [0.1, 0.15) is 18.9 Å². The molecule has 1 fully saturated rings. The number of alkyl halides is 1. The minimum atomic E-state index is -0.575. The van der Waals surface area contributed by atoms with Gasteiger partial charge in [-0.1, -0.05) is 24.3 Å². The van der Waals surface area contributed by atoms with Crippen LogP contribution in [0.5, 0.6) is 0 Å². The summed E-state index contributed by atoms with van der Waals surface area (Å²) in [4.78, 5) is 28.6. The highest BCUT2D eigenvalue weighted by atomic mass is 19.1. The number of benzene rings is 2. The molecule has 3 rings (SSSR count). The average molecular weight is 415 g/mol. The third-order valence-electron chi connectivity index (χ3n) is 4.60. The van der Waals surface area contributed by atoms with E-state index in [9.17, 15) is 18.4 Å². The van der Waals surface area contributed by atoms with Crippen molar-refractivity contribution in [3.05, 3.63) is 53.8 Å². The van der Waals surface area contributed by atoms with Crippen molar-refractivity contribution in [1.82, 2.24) is 5.32 Å². The van der Waals surface area contributed by atoms with Gasteiger partial charge in [-0.2, -0.15) is 0 Å². The lowest BCUT2D eigenvalue weighted by Crippen LogP contribution is -2.33. The first-order chi connectivity index (χ1) is 14.5. The second kappa shape index (κ2) is 9.96. The SMILES string of the molecule is CC(=O)NC[C@H]1CN(c2ccc(-c3ccc(C=NCCCF)cc3)c(F)c2)C(=O)O1. The fourth-order valence-corrected chi connectivity index (χ4v) is 3.07. The Kier molecular flexibility index (Phi) is 7.11. The molecule has 0 saturated carbocycles. The first kappa shape index (κ1) is 21.4. The fraction of sp³-hybridized carbons (Fsp3) is 0.318. The van der Waals surface area contributed by atoms with Gasteiger partial charge in [0.2, 0.25) is 5.91 Å². The van der Waals surface area contributed by atoms with Gasteiger partial charge in [0.15, 0.2) is 0 Å². The van der Waals surface area contributed by atoms with Crippen molar-refractivity contribution in [2.24, 2.45) is 4.99 Å². The number of ether oxygens (including phenoxy) is 1. The van der Waals surface area contributed by atoms with E-state index < -0.39 is 24.7 Å². The third kappa shape index (κ3) is 5.40. The maximum Gasteiger partial charge on any atom is 0.414 e. The molecule has 1 heterocycles. The van der Waals surface area contributed by atoms with Crippen LogP contribution in [0.25, 0.3) is 11.1 Å². The topological polar surface area (TPSA) is 71.0 Å². The van der Waals surface area contributed by atoms with Gasteiger partial charge >= 0.3 is 6.09 Å². The van der Waals surface area contributed by atoms with E-state index in [0.29, 0.717) is 29.8 Å². The van der Waals surface area contributed by atoms with Crippen molar-refractivity contribution < 1.29 is 23.1 Å². The van der Waals surface area contributed by atoms with Crippen LogP contribution in [-0.2, 0) is 9.53 Å². The molecule has 30 heavy (non-hydrogen) atoms. The van der Waals surface area contributed by atoms with E-state index in [1.807, 2.05) is 12.1 Å². The number of anilines is 1. The van der Waals surface area contributed by atoms with Crippen LogP contribution in [0.15, 0.2) is 47.5 Å². The van der Waals surface area contributed by atoms with Gasteiger partial charge in [0.1, 0.15) is 11.9 Å². The molecule has 0 radical (unpaired) electrons. The minimum Gasteiger partial charge on any atom is -0.442 e. The maximum absolute atomic E-state index is 14.8. The Bertz CT molecular complexity index is 932. The largest absolute Gasteiger partial charge is 0.442 e. The van der Waals surface area contributed by atoms with E-state index in [-0.39, 0.29) is 19.0 Å². The second-order valence-corrected chi connectivity index (χ2v) is 6.92. The van der Waals surface area contributed by atoms with Crippen molar-refractivity contribution >= 4 is 23.9 Å². The number of hydrogen-bond acceptors (Lipinski definition) is 4. The summed E-state index contributed by atoms with van der Waals surface area (Å²) < 4.78 is 32.0. The van der Waals surface area contributed by atoms with E-state index in [1.54, 1.807) is 30.5 Å². The Balaban J connectivity index is 1.69. The monoisotopic (exact) mass is 415 g/mol. The molecule has 0 spiro atoms. The number of nitrogens with zero attached hydrogens (tertiary/aromatic N) is 2. The molecule has 0 unspecified atom stereocenters. The normalized spacial score (nSPS) is 16.2. The Labute approximate surface area is 173 Å². The van der Waals surface area contributed by atoms with Gasteiger partial charge in [-0.25, -0.2) is 9.18 Å². The number of nitrogens with one attached hydrogen (secondary N) is 1. The molecule has 1 atom stereocenters. The Morgan fingerprint density at radius 1 is 1.30 bits per heavy atom. The van der Waals surface area contributed by atoms with Gasteiger partial charge in [0, 0.05) is 25.2 Å². The van der Waals surface area contributed by atoms with Gasteiger partial charge in [-0.15, -0.1) is 0 Å².